The summed E-state index contributed by atoms with van der Waals surface area (Å²) in [4.78, 5) is 12.1. The molecule has 0 aromatic heterocycles. The van der Waals surface area contributed by atoms with Crippen LogP contribution in [0.3, 0.4) is 0 Å². The maximum atomic E-state index is 13.2. The van der Waals surface area contributed by atoms with Gasteiger partial charge in [0.05, 0.1) is 11.6 Å². The maximum absolute atomic E-state index is 13.2. The van der Waals surface area contributed by atoms with Gasteiger partial charge in [0.15, 0.2) is 11.6 Å². The van der Waals surface area contributed by atoms with Gasteiger partial charge in [-0.25, -0.2) is 8.78 Å². The third-order valence-electron chi connectivity index (χ3n) is 3.05. The van der Waals surface area contributed by atoms with Crippen LogP contribution in [0.15, 0.2) is 36.4 Å². The molecule has 0 radical (unpaired) electrons. The van der Waals surface area contributed by atoms with Crippen molar-refractivity contribution in [2.75, 3.05) is 5.73 Å². The lowest BCUT2D eigenvalue weighted by Gasteiger charge is -2.15. The number of halogens is 3. The molecule has 0 saturated carbocycles. The third-order valence-corrected chi connectivity index (χ3v) is 3.28. The number of hydrogen-bond donors (Lipinski definition) is 2. The van der Waals surface area contributed by atoms with E-state index in [0.717, 1.165) is 12.1 Å². The highest BCUT2D eigenvalue weighted by atomic mass is 35.5. The summed E-state index contributed by atoms with van der Waals surface area (Å²) < 4.78 is 26.1. The molecule has 3 N–H and O–H groups in total. The van der Waals surface area contributed by atoms with Gasteiger partial charge in [0, 0.05) is 10.7 Å². The molecular weight excluding hydrogens is 298 g/mol. The van der Waals surface area contributed by atoms with Crippen LogP contribution in [0, 0.1) is 11.6 Å². The van der Waals surface area contributed by atoms with Crippen molar-refractivity contribution in [3.8, 4) is 0 Å². The largest absolute Gasteiger partial charge is 0.398 e. The van der Waals surface area contributed by atoms with Crippen molar-refractivity contribution < 1.29 is 13.6 Å². The van der Waals surface area contributed by atoms with Crippen molar-refractivity contribution in [3.63, 3.8) is 0 Å². The number of benzene rings is 2. The molecule has 0 aliphatic rings. The van der Waals surface area contributed by atoms with Gasteiger partial charge in [-0.1, -0.05) is 17.7 Å². The zero-order valence-corrected chi connectivity index (χ0v) is 11.9. The van der Waals surface area contributed by atoms with Crippen LogP contribution in [0.1, 0.15) is 28.9 Å². The standard InChI is InChI=1S/C15H13ClF2N2O/c1-8(9-2-5-12(17)13(18)6-9)20-15(21)11-4-3-10(16)7-14(11)19/h2-8H,19H2,1H3,(H,20,21). The number of nitrogen functional groups attached to an aromatic ring is 1. The molecule has 0 bridgehead atoms. The van der Waals surface area contributed by atoms with E-state index < -0.39 is 23.6 Å². The van der Waals surface area contributed by atoms with E-state index in [0.29, 0.717) is 10.6 Å². The van der Waals surface area contributed by atoms with Crippen molar-refractivity contribution in [1.29, 1.82) is 0 Å². The molecule has 110 valence electrons. The Morgan fingerprint density at radius 2 is 1.90 bits per heavy atom. The van der Waals surface area contributed by atoms with Crippen LogP contribution < -0.4 is 11.1 Å². The summed E-state index contributed by atoms with van der Waals surface area (Å²) in [6.45, 7) is 1.66. The molecule has 0 aliphatic carbocycles. The SMILES string of the molecule is CC(NC(=O)c1ccc(Cl)cc1N)c1ccc(F)c(F)c1. The summed E-state index contributed by atoms with van der Waals surface area (Å²) >= 11 is 5.77. The van der Waals surface area contributed by atoms with Crippen LogP contribution in [-0.2, 0) is 0 Å². The number of amides is 1. The first-order chi connectivity index (χ1) is 9.88. The Morgan fingerprint density at radius 1 is 1.19 bits per heavy atom. The maximum Gasteiger partial charge on any atom is 0.253 e. The average molecular weight is 311 g/mol. The van der Waals surface area contributed by atoms with Gasteiger partial charge in [-0.05, 0) is 42.8 Å². The summed E-state index contributed by atoms with van der Waals surface area (Å²) in [5, 5.41) is 3.10. The molecule has 1 atom stereocenters. The van der Waals surface area contributed by atoms with Crippen LogP contribution in [0.5, 0.6) is 0 Å². The Balaban J connectivity index is 2.16. The van der Waals surface area contributed by atoms with Crippen molar-refractivity contribution in [1.82, 2.24) is 5.32 Å². The molecule has 0 spiro atoms. The van der Waals surface area contributed by atoms with E-state index in [9.17, 15) is 13.6 Å². The topological polar surface area (TPSA) is 55.1 Å². The number of anilines is 1. The Bertz CT molecular complexity index is 691. The van der Waals surface area contributed by atoms with Gasteiger partial charge in [0.25, 0.3) is 5.91 Å². The van der Waals surface area contributed by atoms with Gasteiger partial charge >= 0.3 is 0 Å². The van der Waals surface area contributed by atoms with E-state index in [-0.39, 0.29) is 11.3 Å². The van der Waals surface area contributed by atoms with Gasteiger partial charge < -0.3 is 11.1 Å². The fourth-order valence-corrected chi connectivity index (χ4v) is 2.06. The fraction of sp³-hybridized carbons (Fsp3) is 0.133. The summed E-state index contributed by atoms with van der Waals surface area (Å²) in [7, 11) is 0. The quantitative estimate of drug-likeness (QED) is 0.849. The molecule has 0 heterocycles. The number of hydrogen-bond acceptors (Lipinski definition) is 2. The molecule has 0 saturated heterocycles. The Labute approximate surface area is 125 Å². The van der Waals surface area contributed by atoms with Gasteiger partial charge in [0.2, 0.25) is 0 Å². The molecule has 3 nitrogen and oxygen atoms in total. The Kier molecular flexibility index (Phi) is 4.43. The molecule has 2 rings (SSSR count). The highest BCUT2D eigenvalue weighted by Gasteiger charge is 2.15. The lowest BCUT2D eigenvalue weighted by Crippen LogP contribution is -2.27. The molecular formula is C15H13ClF2N2O. The summed E-state index contributed by atoms with van der Waals surface area (Å²) in [5.41, 5.74) is 6.70. The monoisotopic (exact) mass is 310 g/mol. The summed E-state index contributed by atoms with van der Waals surface area (Å²) in [5.74, 6) is -2.31. The minimum Gasteiger partial charge on any atom is -0.398 e. The van der Waals surface area contributed by atoms with E-state index in [1.165, 1.54) is 18.2 Å². The average Bonchev–Trinajstić information content (AvgIpc) is 2.41. The number of carbonyl (C=O) groups excluding carboxylic acids is 1. The van der Waals surface area contributed by atoms with Crippen molar-refractivity contribution in [2.24, 2.45) is 0 Å². The summed E-state index contributed by atoms with van der Waals surface area (Å²) in [6, 6.07) is 7.51. The first-order valence-corrected chi connectivity index (χ1v) is 6.57. The zero-order valence-electron chi connectivity index (χ0n) is 11.2. The third kappa shape index (κ3) is 3.49. The normalized spacial score (nSPS) is 12.0. The number of carbonyl (C=O) groups is 1. The van der Waals surface area contributed by atoms with E-state index in [1.54, 1.807) is 13.0 Å². The molecule has 1 unspecified atom stereocenters. The summed E-state index contributed by atoms with van der Waals surface area (Å²) in [6.07, 6.45) is 0. The van der Waals surface area contributed by atoms with E-state index in [4.69, 9.17) is 17.3 Å². The smallest absolute Gasteiger partial charge is 0.253 e. The van der Waals surface area contributed by atoms with Gasteiger partial charge in [0.1, 0.15) is 0 Å². The lowest BCUT2D eigenvalue weighted by molar-refractivity contribution is 0.0940. The number of rotatable bonds is 3. The van der Waals surface area contributed by atoms with Crippen LogP contribution in [0.2, 0.25) is 5.02 Å². The highest BCUT2D eigenvalue weighted by Crippen LogP contribution is 2.20. The first-order valence-electron chi connectivity index (χ1n) is 6.19. The molecule has 0 fully saturated rings. The minimum atomic E-state index is -0.959. The minimum absolute atomic E-state index is 0.248. The van der Waals surface area contributed by atoms with Crippen LogP contribution in [0.4, 0.5) is 14.5 Å². The highest BCUT2D eigenvalue weighted by molar-refractivity contribution is 6.31. The van der Waals surface area contributed by atoms with Crippen LogP contribution in [0.25, 0.3) is 0 Å². The van der Waals surface area contributed by atoms with Crippen molar-refractivity contribution >= 4 is 23.2 Å². The molecule has 2 aromatic carbocycles. The molecule has 0 aliphatic heterocycles. The van der Waals surface area contributed by atoms with E-state index in [1.807, 2.05) is 0 Å². The van der Waals surface area contributed by atoms with Crippen molar-refractivity contribution in [3.05, 3.63) is 64.2 Å². The van der Waals surface area contributed by atoms with Crippen LogP contribution >= 0.6 is 11.6 Å². The molecule has 1 amide bonds. The Hall–Kier alpha value is -2.14. The second-order valence-corrected chi connectivity index (χ2v) is 5.04. The molecule has 21 heavy (non-hydrogen) atoms. The second kappa shape index (κ2) is 6.10. The van der Waals surface area contributed by atoms with Gasteiger partial charge in [-0.15, -0.1) is 0 Å². The van der Waals surface area contributed by atoms with Gasteiger partial charge in [-0.2, -0.15) is 0 Å². The van der Waals surface area contributed by atoms with Crippen LogP contribution in [-0.4, -0.2) is 5.91 Å². The number of nitrogens with one attached hydrogen (secondary N) is 1. The first kappa shape index (κ1) is 15.3. The predicted octanol–water partition coefficient (Wildman–Crippen LogP) is 3.69. The van der Waals surface area contributed by atoms with E-state index in [2.05, 4.69) is 5.32 Å². The second-order valence-electron chi connectivity index (χ2n) is 4.60. The van der Waals surface area contributed by atoms with Crippen molar-refractivity contribution in [2.45, 2.75) is 13.0 Å². The van der Waals surface area contributed by atoms with E-state index >= 15 is 0 Å². The lowest BCUT2D eigenvalue weighted by atomic mass is 10.1. The Morgan fingerprint density at radius 3 is 2.52 bits per heavy atom. The van der Waals surface area contributed by atoms with Gasteiger partial charge in [-0.3, -0.25) is 4.79 Å². The molecule has 6 heteroatoms. The molecule has 2 aromatic rings. The predicted molar refractivity (Wildman–Crippen MR) is 78.1 cm³/mol. The fourth-order valence-electron chi connectivity index (χ4n) is 1.88. The zero-order chi connectivity index (χ0) is 15.6. The number of nitrogens with two attached hydrogens (primary N) is 1.